The van der Waals surface area contributed by atoms with Gasteiger partial charge in [0.1, 0.15) is 0 Å². The van der Waals surface area contributed by atoms with Gasteiger partial charge >= 0.3 is 0 Å². The molecular formula is C42H34. The molecule has 42 heavy (non-hydrogen) atoms. The third-order valence-corrected chi connectivity index (χ3v) is 9.92. The van der Waals surface area contributed by atoms with Crippen LogP contribution < -0.4 is 0 Å². The van der Waals surface area contributed by atoms with E-state index in [-0.39, 0.29) is 10.8 Å². The number of benzene rings is 6. The SMILES string of the molecule is CC1(C)c2ccccc2-c2ccc(-c3ccc4c(c3)C(C)(C)c3cc(-c5ccccc5-c5ccccc5)ccc3-4)cc21. The molecule has 0 amide bonds. The van der Waals surface area contributed by atoms with Crippen LogP contribution in [0.15, 0.2) is 133 Å². The number of hydrogen-bond acceptors (Lipinski definition) is 0. The van der Waals surface area contributed by atoms with Gasteiger partial charge in [-0.05, 0) is 96.1 Å². The molecule has 0 fully saturated rings. The van der Waals surface area contributed by atoms with Gasteiger partial charge in [0.25, 0.3) is 0 Å². The maximum atomic E-state index is 2.45. The Balaban J connectivity index is 1.20. The molecule has 0 unspecified atom stereocenters. The summed E-state index contributed by atoms with van der Waals surface area (Å²) in [6, 6.07) is 49.7. The lowest BCUT2D eigenvalue weighted by molar-refractivity contribution is 0.659. The van der Waals surface area contributed by atoms with Gasteiger partial charge in [-0.25, -0.2) is 0 Å². The van der Waals surface area contributed by atoms with Gasteiger partial charge in [0.15, 0.2) is 0 Å². The fourth-order valence-electron chi connectivity index (χ4n) is 7.57. The predicted octanol–water partition coefficient (Wildman–Crippen LogP) is 11.3. The van der Waals surface area contributed by atoms with E-state index in [1.54, 1.807) is 0 Å². The van der Waals surface area contributed by atoms with E-state index in [2.05, 4.69) is 161 Å². The first-order chi connectivity index (χ1) is 20.3. The Morgan fingerprint density at radius 1 is 0.286 bits per heavy atom. The molecule has 0 spiro atoms. The van der Waals surface area contributed by atoms with Crippen molar-refractivity contribution < 1.29 is 0 Å². The summed E-state index contributed by atoms with van der Waals surface area (Å²) in [7, 11) is 0. The van der Waals surface area contributed by atoms with Crippen molar-refractivity contribution in [2.75, 3.05) is 0 Å². The molecule has 6 aromatic carbocycles. The second-order valence-electron chi connectivity index (χ2n) is 13.0. The van der Waals surface area contributed by atoms with E-state index < -0.39 is 0 Å². The van der Waals surface area contributed by atoms with Crippen molar-refractivity contribution in [3.63, 3.8) is 0 Å². The molecule has 0 heteroatoms. The topological polar surface area (TPSA) is 0 Å². The number of rotatable bonds is 3. The fraction of sp³-hybridized carbons (Fsp3) is 0.143. The van der Waals surface area contributed by atoms with Crippen LogP contribution in [0.4, 0.5) is 0 Å². The minimum Gasteiger partial charge on any atom is -0.0622 e. The monoisotopic (exact) mass is 538 g/mol. The Bertz CT molecular complexity index is 2020. The predicted molar refractivity (Wildman–Crippen MR) is 178 cm³/mol. The minimum absolute atomic E-state index is 0.000609. The number of hydrogen-bond donors (Lipinski definition) is 0. The number of fused-ring (bicyclic) bond motifs is 6. The van der Waals surface area contributed by atoms with Gasteiger partial charge in [-0.3, -0.25) is 0 Å². The third kappa shape index (κ3) is 3.55. The summed E-state index contributed by atoms with van der Waals surface area (Å²) in [5, 5.41) is 0. The van der Waals surface area contributed by atoms with Crippen molar-refractivity contribution in [2.24, 2.45) is 0 Å². The van der Waals surface area contributed by atoms with Crippen molar-refractivity contribution in [1.29, 1.82) is 0 Å². The molecule has 0 aliphatic heterocycles. The summed E-state index contributed by atoms with van der Waals surface area (Å²) < 4.78 is 0. The van der Waals surface area contributed by atoms with E-state index in [4.69, 9.17) is 0 Å². The lowest BCUT2D eigenvalue weighted by Crippen LogP contribution is -2.15. The summed E-state index contributed by atoms with van der Waals surface area (Å²) in [6.45, 7) is 9.49. The van der Waals surface area contributed by atoms with Crippen LogP contribution in [-0.2, 0) is 10.8 Å². The molecule has 0 heterocycles. The molecule has 0 nitrogen and oxygen atoms in total. The molecule has 0 N–H and O–H groups in total. The zero-order chi connectivity index (χ0) is 28.6. The second-order valence-corrected chi connectivity index (χ2v) is 13.0. The standard InChI is InChI=1S/C42H34/c1-41(2)37-17-11-10-16-33(37)34-21-18-28(24-38(34)41)29-19-22-35-36-23-20-30(26-40(36)42(3,4)39(35)25-29)32-15-9-8-14-31(32)27-12-6-5-7-13-27/h5-26H,1-4H3. The first kappa shape index (κ1) is 25.1. The summed E-state index contributed by atoms with van der Waals surface area (Å²) in [5.74, 6) is 0. The van der Waals surface area contributed by atoms with Crippen LogP contribution in [0.25, 0.3) is 55.6 Å². The highest BCUT2D eigenvalue weighted by molar-refractivity contribution is 5.90. The van der Waals surface area contributed by atoms with Gasteiger partial charge in [0.05, 0.1) is 0 Å². The van der Waals surface area contributed by atoms with E-state index in [1.165, 1.54) is 77.9 Å². The highest BCUT2D eigenvalue weighted by Crippen LogP contribution is 2.52. The smallest absolute Gasteiger partial charge is 0.0159 e. The summed E-state index contributed by atoms with van der Waals surface area (Å²) in [4.78, 5) is 0. The zero-order valence-corrected chi connectivity index (χ0v) is 24.7. The first-order valence-corrected chi connectivity index (χ1v) is 15.0. The molecule has 2 aliphatic rings. The lowest BCUT2D eigenvalue weighted by atomic mass is 9.79. The largest absolute Gasteiger partial charge is 0.0622 e. The van der Waals surface area contributed by atoms with E-state index in [0.717, 1.165) is 0 Å². The van der Waals surface area contributed by atoms with Crippen molar-refractivity contribution >= 4 is 0 Å². The van der Waals surface area contributed by atoms with Crippen molar-refractivity contribution in [2.45, 2.75) is 38.5 Å². The molecule has 2 aliphatic carbocycles. The average molecular weight is 539 g/mol. The highest BCUT2D eigenvalue weighted by Gasteiger charge is 2.37. The van der Waals surface area contributed by atoms with Crippen LogP contribution in [0.1, 0.15) is 49.9 Å². The minimum atomic E-state index is -0.0926. The summed E-state index contributed by atoms with van der Waals surface area (Å²) in [6.07, 6.45) is 0. The average Bonchev–Trinajstić information content (AvgIpc) is 3.40. The zero-order valence-electron chi connectivity index (χ0n) is 24.7. The van der Waals surface area contributed by atoms with Crippen LogP contribution >= 0.6 is 0 Å². The molecule has 0 saturated heterocycles. The first-order valence-electron chi connectivity index (χ1n) is 15.0. The van der Waals surface area contributed by atoms with Gasteiger partial charge in [0.2, 0.25) is 0 Å². The van der Waals surface area contributed by atoms with Gasteiger partial charge in [0, 0.05) is 10.8 Å². The van der Waals surface area contributed by atoms with Crippen molar-refractivity contribution in [1.82, 2.24) is 0 Å². The molecule has 6 aromatic rings. The Morgan fingerprint density at radius 2 is 0.667 bits per heavy atom. The normalized spacial score (nSPS) is 15.0. The molecule has 0 aromatic heterocycles. The van der Waals surface area contributed by atoms with Crippen LogP contribution in [0.5, 0.6) is 0 Å². The third-order valence-electron chi connectivity index (χ3n) is 9.92. The van der Waals surface area contributed by atoms with Gasteiger partial charge in [-0.2, -0.15) is 0 Å². The molecule has 0 atom stereocenters. The molecular weight excluding hydrogens is 504 g/mol. The molecule has 0 bridgehead atoms. The maximum Gasteiger partial charge on any atom is 0.0159 e. The van der Waals surface area contributed by atoms with Crippen LogP contribution in [0.3, 0.4) is 0 Å². The van der Waals surface area contributed by atoms with E-state index in [0.29, 0.717) is 0 Å². The van der Waals surface area contributed by atoms with Crippen LogP contribution in [0, 0.1) is 0 Å². The van der Waals surface area contributed by atoms with Crippen LogP contribution in [-0.4, -0.2) is 0 Å². The Kier molecular flexibility index (Phi) is 5.32. The Morgan fingerprint density at radius 3 is 1.24 bits per heavy atom. The maximum absolute atomic E-state index is 2.45. The van der Waals surface area contributed by atoms with E-state index >= 15 is 0 Å². The Labute approximate surface area is 249 Å². The van der Waals surface area contributed by atoms with Gasteiger partial charge in [-0.15, -0.1) is 0 Å². The van der Waals surface area contributed by atoms with Gasteiger partial charge in [-0.1, -0.05) is 143 Å². The van der Waals surface area contributed by atoms with Crippen molar-refractivity contribution in [3.8, 4) is 55.6 Å². The highest BCUT2D eigenvalue weighted by atomic mass is 14.4. The summed E-state index contributed by atoms with van der Waals surface area (Å²) in [5.41, 5.74) is 18.7. The quantitative estimate of drug-likeness (QED) is 0.210. The second kappa shape index (κ2) is 8.91. The molecule has 202 valence electrons. The van der Waals surface area contributed by atoms with Crippen molar-refractivity contribution in [3.05, 3.63) is 156 Å². The molecule has 0 saturated carbocycles. The Hall–Kier alpha value is -4.68. The molecule has 8 rings (SSSR count). The van der Waals surface area contributed by atoms with E-state index in [9.17, 15) is 0 Å². The fourth-order valence-corrected chi connectivity index (χ4v) is 7.57. The van der Waals surface area contributed by atoms with Gasteiger partial charge < -0.3 is 0 Å². The lowest BCUT2D eigenvalue weighted by Gasteiger charge is -2.24. The van der Waals surface area contributed by atoms with Crippen LogP contribution in [0.2, 0.25) is 0 Å². The molecule has 0 radical (unpaired) electrons. The van der Waals surface area contributed by atoms with E-state index in [1.807, 2.05) is 0 Å². The summed E-state index contributed by atoms with van der Waals surface area (Å²) >= 11 is 0.